The van der Waals surface area contributed by atoms with Crippen LogP contribution < -0.4 is 0 Å². The quantitative estimate of drug-likeness (QED) is 0.481. The van der Waals surface area contributed by atoms with E-state index in [9.17, 15) is 13.2 Å². The van der Waals surface area contributed by atoms with Crippen molar-refractivity contribution < 1.29 is 13.2 Å². The maximum atomic E-state index is 12.8. The van der Waals surface area contributed by atoms with Crippen LogP contribution in [0.1, 0.15) is 16.7 Å². The maximum absolute atomic E-state index is 12.8. The molecule has 1 aliphatic heterocycles. The van der Waals surface area contributed by atoms with Crippen molar-refractivity contribution in [2.24, 2.45) is 0 Å². The third kappa shape index (κ3) is 5.48. The molecule has 1 amide bonds. The van der Waals surface area contributed by atoms with Crippen LogP contribution in [-0.2, 0) is 20.6 Å². The predicted octanol–water partition coefficient (Wildman–Crippen LogP) is 3.26. The fourth-order valence-corrected chi connectivity index (χ4v) is 6.27. The second-order valence-corrected chi connectivity index (χ2v) is 11.0. The highest BCUT2D eigenvalue weighted by Gasteiger charge is 2.29. The largest absolute Gasteiger partial charge is 0.339 e. The molecule has 1 saturated heterocycles. The Bertz CT molecular complexity index is 1220. The van der Waals surface area contributed by atoms with Gasteiger partial charge in [-0.15, -0.1) is 0 Å². The van der Waals surface area contributed by atoms with Gasteiger partial charge in [0.2, 0.25) is 15.9 Å². The number of sulfonamides is 1. The number of aryl methyl sites for hydroxylation is 1. The summed E-state index contributed by atoms with van der Waals surface area (Å²) >= 11 is 1.40. The van der Waals surface area contributed by atoms with Crippen molar-refractivity contribution in [2.45, 2.75) is 24.8 Å². The molecule has 0 aliphatic carbocycles. The van der Waals surface area contributed by atoms with Gasteiger partial charge in [0, 0.05) is 38.6 Å². The van der Waals surface area contributed by atoms with Crippen LogP contribution in [0, 0.1) is 13.8 Å². The molecule has 0 saturated carbocycles. The highest BCUT2D eigenvalue weighted by atomic mass is 32.2. The fraction of sp³-hybridized carbons (Fsp3) is 0.333. The number of aromatic nitrogens is 2. The first-order valence-corrected chi connectivity index (χ1v) is 13.5. The minimum Gasteiger partial charge on any atom is -0.339 e. The van der Waals surface area contributed by atoms with E-state index in [-0.39, 0.29) is 17.4 Å². The molecule has 4 rings (SSSR count). The van der Waals surface area contributed by atoms with Crippen molar-refractivity contribution in [3.63, 3.8) is 0 Å². The van der Waals surface area contributed by atoms with Crippen molar-refractivity contribution in [1.82, 2.24) is 18.8 Å². The van der Waals surface area contributed by atoms with Crippen molar-refractivity contribution in [3.05, 3.63) is 77.6 Å². The molecule has 0 spiro atoms. The minimum atomic E-state index is -3.40. The molecular weight excluding hydrogens is 456 g/mol. The van der Waals surface area contributed by atoms with Crippen LogP contribution in [0.3, 0.4) is 0 Å². The van der Waals surface area contributed by atoms with E-state index in [1.807, 2.05) is 53.2 Å². The lowest BCUT2D eigenvalue weighted by Gasteiger charge is -2.34. The van der Waals surface area contributed by atoms with E-state index >= 15 is 0 Å². The van der Waals surface area contributed by atoms with E-state index < -0.39 is 10.0 Å². The van der Waals surface area contributed by atoms with Crippen LogP contribution in [0.2, 0.25) is 0 Å². The highest BCUT2D eigenvalue weighted by molar-refractivity contribution is 7.99. The Morgan fingerprint density at radius 1 is 1.00 bits per heavy atom. The third-order valence-electron chi connectivity index (χ3n) is 5.94. The first kappa shape index (κ1) is 23.5. The van der Waals surface area contributed by atoms with Crippen LogP contribution in [0.15, 0.2) is 66.1 Å². The number of carbonyl (C=O) groups is 1. The average molecular weight is 485 g/mol. The summed E-state index contributed by atoms with van der Waals surface area (Å²) in [5.74, 6) is 0.243. The van der Waals surface area contributed by atoms with Gasteiger partial charge in [-0.2, -0.15) is 4.31 Å². The zero-order chi connectivity index (χ0) is 23.4. The summed E-state index contributed by atoms with van der Waals surface area (Å²) in [5.41, 5.74) is 4.20. The average Bonchev–Trinajstić information content (AvgIpc) is 3.28. The molecule has 1 aromatic heterocycles. The van der Waals surface area contributed by atoms with Crippen LogP contribution in [0.25, 0.3) is 5.69 Å². The lowest BCUT2D eigenvalue weighted by molar-refractivity contribution is -0.129. The Kier molecular flexibility index (Phi) is 7.21. The summed E-state index contributed by atoms with van der Waals surface area (Å²) in [6, 6.07) is 15.3. The molecule has 2 heterocycles. The van der Waals surface area contributed by atoms with Gasteiger partial charge in [-0.3, -0.25) is 9.36 Å². The molecule has 9 heteroatoms. The molecule has 0 atom stereocenters. The molecule has 0 unspecified atom stereocenters. The monoisotopic (exact) mass is 484 g/mol. The maximum Gasteiger partial charge on any atom is 0.233 e. The molecule has 7 nitrogen and oxygen atoms in total. The van der Waals surface area contributed by atoms with E-state index in [1.54, 1.807) is 11.1 Å². The summed E-state index contributed by atoms with van der Waals surface area (Å²) in [7, 11) is -3.40. The van der Waals surface area contributed by atoms with Gasteiger partial charge in [0.15, 0.2) is 5.16 Å². The predicted molar refractivity (Wildman–Crippen MR) is 131 cm³/mol. The summed E-state index contributed by atoms with van der Waals surface area (Å²) < 4.78 is 29.0. The Morgan fingerprint density at radius 3 is 2.45 bits per heavy atom. The van der Waals surface area contributed by atoms with Crippen molar-refractivity contribution in [3.8, 4) is 5.69 Å². The molecule has 0 radical (unpaired) electrons. The van der Waals surface area contributed by atoms with Crippen molar-refractivity contribution in [1.29, 1.82) is 0 Å². The highest BCUT2D eigenvalue weighted by Crippen LogP contribution is 2.25. The standard InChI is InChI=1S/C24H28N4O3S2/c1-19-7-6-10-22(20(19)2)28-12-11-25-24(28)32-17-23(29)26-13-15-27(16-14-26)33(30,31)18-21-8-4-3-5-9-21/h3-12H,13-18H2,1-2H3. The molecule has 0 N–H and O–H groups in total. The Balaban J connectivity index is 1.33. The van der Waals surface area contributed by atoms with Crippen LogP contribution in [0.5, 0.6) is 0 Å². The van der Waals surface area contributed by atoms with Gasteiger partial charge < -0.3 is 4.90 Å². The van der Waals surface area contributed by atoms with Crippen LogP contribution in [-0.4, -0.2) is 65.0 Å². The first-order chi connectivity index (χ1) is 15.8. The van der Waals surface area contributed by atoms with E-state index in [2.05, 4.69) is 24.9 Å². The van der Waals surface area contributed by atoms with E-state index in [1.165, 1.54) is 27.2 Å². The molecule has 174 valence electrons. The number of hydrogen-bond donors (Lipinski definition) is 0. The number of benzene rings is 2. The van der Waals surface area contributed by atoms with Gasteiger partial charge in [-0.1, -0.05) is 54.2 Å². The normalized spacial score (nSPS) is 15.0. The molecular formula is C24H28N4O3S2. The van der Waals surface area contributed by atoms with Gasteiger partial charge in [-0.25, -0.2) is 13.4 Å². The van der Waals surface area contributed by atoms with E-state index in [0.29, 0.717) is 26.2 Å². The molecule has 1 aliphatic rings. The van der Waals surface area contributed by atoms with Gasteiger partial charge in [0.25, 0.3) is 0 Å². The number of imidazole rings is 1. The second kappa shape index (κ2) is 10.1. The number of hydrogen-bond acceptors (Lipinski definition) is 5. The van der Waals surface area contributed by atoms with Gasteiger partial charge in [-0.05, 0) is 36.6 Å². The molecule has 2 aromatic carbocycles. The first-order valence-electron chi connectivity index (χ1n) is 10.9. The topological polar surface area (TPSA) is 75.5 Å². The smallest absolute Gasteiger partial charge is 0.233 e. The fourth-order valence-electron chi connectivity index (χ4n) is 3.89. The van der Waals surface area contributed by atoms with Gasteiger partial charge in [0.1, 0.15) is 0 Å². The second-order valence-electron chi connectivity index (χ2n) is 8.11. The minimum absolute atomic E-state index is 0.00405. The zero-order valence-corrected chi connectivity index (χ0v) is 20.5. The number of piperazine rings is 1. The summed E-state index contributed by atoms with van der Waals surface area (Å²) in [6.07, 6.45) is 3.65. The van der Waals surface area contributed by atoms with Crippen LogP contribution in [0.4, 0.5) is 0 Å². The third-order valence-corrected chi connectivity index (χ3v) is 8.75. The Morgan fingerprint density at radius 2 is 1.73 bits per heavy atom. The van der Waals surface area contributed by atoms with Crippen molar-refractivity contribution >= 4 is 27.7 Å². The Hall–Kier alpha value is -2.62. The molecule has 0 bridgehead atoms. The number of thioether (sulfide) groups is 1. The van der Waals surface area contributed by atoms with Crippen LogP contribution >= 0.6 is 11.8 Å². The molecule has 3 aromatic rings. The van der Waals surface area contributed by atoms with Crippen molar-refractivity contribution in [2.75, 3.05) is 31.9 Å². The van der Waals surface area contributed by atoms with E-state index in [4.69, 9.17) is 0 Å². The SMILES string of the molecule is Cc1cccc(-n2ccnc2SCC(=O)N2CCN(S(=O)(=O)Cc3ccccc3)CC2)c1C. The van der Waals surface area contributed by atoms with Gasteiger partial charge in [0.05, 0.1) is 17.2 Å². The lowest BCUT2D eigenvalue weighted by atomic mass is 10.1. The molecule has 1 fully saturated rings. The van der Waals surface area contributed by atoms with E-state index in [0.717, 1.165) is 16.4 Å². The number of carbonyl (C=O) groups excluding carboxylic acids is 1. The lowest BCUT2D eigenvalue weighted by Crippen LogP contribution is -2.51. The number of nitrogens with zero attached hydrogens (tertiary/aromatic N) is 4. The van der Waals surface area contributed by atoms with Gasteiger partial charge >= 0.3 is 0 Å². The summed E-state index contributed by atoms with van der Waals surface area (Å²) in [5, 5.41) is 0.765. The zero-order valence-electron chi connectivity index (χ0n) is 18.8. The number of amides is 1. The number of rotatable bonds is 7. The summed E-state index contributed by atoms with van der Waals surface area (Å²) in [6.45, 7) is 5.60. The Labute approximate surface area is 199 Å². The molecule has 33 heavy (non-hydrogen) atoms. The summed E-state index contributed by atoms with van der Waals surface area (Å²) in [4.78, 5) is 19.0.